The highest BCUT2D eigenvalue weighted by Crippen LogP contribution is 2.63. The number of carbonyl (C=O) groups excluding carboxylic acids is 3. The highest BCUT2D eigenvalue weighted by molar-refractivity contribution is 6.38. The van der Waals surface area contributed by atoms with E-state index in [1.807, 2.05) is 78.9 Å². The van der Waals surface area contributed by atoms with Crippen LogP contribution in [-0.2, 0) is 26.2 Å². The largest absolute Gasteiger partial charge is 0.274 e. The summed E-state index contributed by atoms with van der Waals surface area (Å²) >= 11 is 12.6. The smallest absolute Gasteiger partial charge is 0.244 e. The molecule has 0 radical (unpaired) electrons. The Labute approximate surface area is 246 Å². The van der Waals surface area contributed by atoms with Crippen molar-refractivity contribution in [3.8, 4) is 0 Å². The van der Waals surface area contributed by atoms with Crippen molar-refractivity contribution in [3.05, 3.63) is 135 Å². The average molecular weight is 580 g/mol. The lowest BCUT2D eigenvalue weighted by Crippen LogP contribution is -2.54. The van der Waals surface area contributed by atoms with Gasteiger partial charge in [-0.2, -0.15) is 5.10 Å². The molecule has 0 unspecified atom stereocenters. The number of nitrogens with one attached hydrogen (secondary N) is 1. The molecule has 4 aromatic rings. The number of benzene rings is 4. The van der Waals surface area contributed by atoms with Gasteiger partial charge in [-0.1, -0.05) is 102 Å². The molecule has 202 valence electrons. The van der Waals surface area contributed by atoms with E-state index in [1.54, 1.807) is 18.3 Å². The summed E-state index contributed by atoms with van der Waals surface area (Å²) in [6, 6.07) is 29.9. The normalized spacial score (nSPS) is 23.9. The molecule has 1 aliphatic heterocycles. The van der Waals surface area contributed by atoms with Crippen LogP contribution in [0.2, 0.25) is 10.0 Å². The number of imide groups is 1. The summed E-state index contributed by atoms with van der Waals surface area (Å²) in [5.74, 6) is -2.74. The summed E-state index contributed by atoms with van der Waals surface area (Å²) in [6.07, 6.45) is 1.81. The van der Waals surface area contributed by atoms with E-state index >= 15 is 0 Å². The van der Waals surface area contributed by atoms with Crippen molar-refractivity contribution in [3.63, 3.8) is 0 Å². The Hall–Kier alpha value is -4.26. The number of rotatable bonds is 5. The molecule has 6 nitrogen and oxygen atoms in total. The second kappa shape index (κ2) is 9.68. The molecule has 4 aromatic carbocycles. The Morgan fingerprint density at radius 3 is 2.15 bits per heavy atom. The van der Waals surface area contributed by atoms with Crippen LogP contribution >= 0.6 is 23.2 Å². The zero-order chi connectivity index (χ0) is 28.3. The molecule has 0 spiro atoms. The predicted octanol–water partition coefficient (Wildman–Crippen LogP) is 5.89. The van der Waals surface area contributed by atoms with Gasteiger partial charge in [0.15, 0.2) is 0 Å². The maximum Gasteiger partial charge on any atom is 0.244 e. The lowest BCUT2D eigenvalue weighted by Gasteiger charge is -2.52. The molecule has 8 rings (SSSR count). The maximum atomic E-state index is 14.4. The first-order valence-corrected chi connectivity index (χ1v) is 14.1. The van der Waals surface area contributed by atoms with Gasteiger partial charge in [0.25, 0.3) is 0 Å². The van der Waals surface area contributed by atoms with Crippen molar-refractivity contribution in [2.24, 2.45) is 16.9 Å². The van der Waals surface area contributed by atoms with Crippen LogP contribution in [0, 0.1) is 11.8 Å². The highest BCUT2D eigenvalue weighted by Gasteiger charge is 2.68. The summed E-state index contributed by atoms with van der Waals surface area (Å²) in [7, 11) is 0. The van der Waals surface area contributed by atoms with Gasteiger partial charge in [0, 0.05) is 17.2 Å². The monoisotopic (exact) mass is 579 g/mol. The van der Waals surface area contributed by atoms with Crippen molar-refractivity contribution < 1.29 is 14.4 Å². The molecule has 8 heteroatoms. The van der Waals surface area contributed by atoms with Gasteiger partial charge in [-0.05, 0) is 46.0 Å². The third-order valence-electron chi connectivity index (χ3n) is 8.50. The number of nitrogens with zero attached hydrogens (tertiary/aromatic N) is 2. The molecule has 0 saturated carbocycles. The van der Waals surface area contributed by atoms with Crippen molar-refractivity contribution >= 4 is 52.8 Å². The topological polar surface area (TPSA) is 78.8 Å². The summed E-state index contributed by atoms with van der Waals surface area (Å²) < 4.78 is 0. The van der Waals surface area contributed by atoms with E-state index < -0.39 is 17.3 Å². The van der Waals surface area contributed by atoms with Crippen LogP contribution in [-0.4, -0.2) is 23.9 Å². The second-order valence-electron chi connectivity index (χ2n) is 10.6. The first kappa shape index (κ1) is 25.7. The molecular weight excluding hydrogens is 557 g/mol. The molecule has 3 amide bonds. The number of carbonyl (C=O) groups is 3. The number of hydrogen-bond acceptors (Lipinski definition) is 4. The first-order valence-electron chi connectivity index (χ1n) is 13.3. The highest BCUT2D eigenvalue weighted by atomic mass is 35.5. The molecule has 4 aliphatic rings. The minimum Gasteiger partial charge on any atom is -0.274 e. The lowest BCUT2D eigenvalue weighted by atomic mass is 9.47. The fraction of sp³-hybridized carbons (Fsp3) is 0.152. The first-order chi connectivity index (χ1) is 19.9. The quantitative estimate of drug-likeness (QED) is 0.182. The summed E-state index contributed by atoms with van der Waals surface area (Å²) in [6.45, 7) is 0. The minimum absolute atomic E-state index is 0.159. The van der Waals surface area contributed by atoms with Crippen molar-refractivity contribution in [1.82, 2.24) is 5.43 Å². The number of hydrogen-bond donors (Lipinski definition) is 1. The number of halogens is 2. The Morgan fingerprint density at radius 1 is 0.854 bits per heavy atom. The Kier molecular flexibility index (Phi) is 6.07. The molecule has 1 fully saturated rings. The van der Waals surface area contributed by atoms with Gasteiger partial charge in [0.05, 0.1) is 34.4 Å². The standard InChI is InChI=1S/C33H23Cl2N3O3/c34-20-14-15-26(25(35)17-20)38-31(40)29-28-21-10-4-6-12-23(21)33(30(29)32(38)41,24-13-7-5-11-22(24)28)18-36-37-27(39)16-19-8-2-1-3-9-19/h1-15,17-18,28-30H,16H2,(H,37,39)/b36-18-/t28?,29-,30+,33?/m0/s1. The van der Waals surface area contributed by atoms with Crippen LogP contribution in [0.15, 0.2) is 102 Å². The molecule has 1 heterocycles. The van der Waals surface area contributed by atoms with Crippen LogP contribution < -0.4 is 10.3 Å². The zero-order valence-corrected chi connectivity index (χ0v) is 23.1. The summed E-state index contributed by atoms with van der Waals surface area (Å²) in [5.41, 5.74) is 6.48. The molecule has 0 aromatic heterocycles. The van der Waals surface area contributed by atoms with E-state index in [4.69, 9.17) is 23.2 Å². The van der Waals surface area contributed by atoms with Gasteiger partial charge in [0.1, 0.15) is 0 Å². The molecular formula is C33H23Cl2N3O3. The van der Waals surface area contributed by atoms with Gasteiger partial charge in [-0.15, -0.1) is 0 Å². The van der Waals surface area contributed by atoms with Gasteiger partial charge in [0.2, 0.25) is 17.7 Å². The van der Waals surface area contributed by atoms with E-state index in [2.05, 4.69) is 10.5 Å². The molecule has 41 heavy (non-hydrogen) atoms. The van der Waals surface area contributed by atoms with Gasteiger partial charge in [-0.25, -0.2) is 10.3 Å². The van der Waals surface area contributed by atoms with Gasteiger partial charge < -0.3 is 0 Å². The predicted molar refractivity (Wildman–Crippen MR) is 158 cm³/mol. The average Bonchev–Trinajstić information content (AvgIpc) is 3.24. The van der Waals surface area contributed by atoms with Crippen molar-refractivity contribution in [1.29, 1.82) is 0 Å². The van der Waals surface area contributed by atoms with Crippen LogP contribution in [0.5, 0.6) is 0 Å². The fourth-order valence-corrected chi connectivity index (χ4v) is 7.47. The summed E-state index contributed by atoms with van der Waals surface area (Å²) in [5, 5.41) is 5.08. The van der Waals surface area contributed by atoms with Crippen molar-refractivity contribution in [2.75, 3.05) is 4.90 Å². The van der Waals surface area contributed by atoms with Crippen LogP contribution in [0.4, 0.5) is 5.69 Å². The van der Waals surface area contributed by atoms with E-state index in [-0.39, 0.29) is 35.1 Å². The maximum absolute atomic E-state index is 14.4. The number of anilines is 1. The van der Waals surface area contributed by atoms with Crippen LogP contribution in [0.1, 0.15) is 33.7 Å². The van der Waals surface area contributed by atoms with E-state index in [9.17, 15) is 14.4 Å². The molecule has 3 aliphatic carbocycles. The number of hydrazone groups is 1. The summed E-state index contributed by atoms with van der Waals surface area (Å²) in [4.78, 5) is 42.6. The fourth-order valence-electron chi connectivity index (χ4n) is 6.98. The molecule has 1 N–H and O–H groups in total. The Morgan fingerprint density at radius 2 is 1.49 bits per heavy atom. The van der Waals surface area contributed by atoms with Crippen LogP contribution in [0.3, 0.4) is 0 Å². The molecule has 2 bridgehead atoms. The van der Waals surface area contributed by atoms with E-state index in [0.29, 0.717) is 10.7 Å². The minimum atomic E-state index is -1.09. The molecule has 1 saturated heterocycles. The third kappa shape index (κ3) is 3.78. The van der Waals surface area contributed by atoms with E-state index in [0.717, 1.165) is 27.8 Å². The third-order valence-corrected chi connectivity index (χ3v) is 9.04. The van der Waals surface area contributed by atoms with Gasteiger partial charge in [-0.3, -0.25) is 14.4 Å². The Bertz CT molecular complexity index is 1720. The lowest BCUT2D eigenvalue weighted by molar-refractivity contribution is -0.123. The number of amides is 3. The van der Waals surface area contributed by atoms with Crippen LogP contribution in [0.25, 0.3) is 0 Å². The van der Waals surface area contributed by atoms with Gasteiger partial charge >= 0.3 is 0 Å². The zero-order valence-electron chi connectivity index (χ0n) is 21.6. The van der Waals surface area contributed by atoms with E-state index in [1.165, 1.54) is 11.0 Å². The molecule has 2 atom stereocenters. The SMILES string of the molecule is O=C(Cc1ccccc1)N/N=C\C12c3ccccc3C(c3ccccc31)[C@@H]1C(=O)N(c3ccc(Cl)cc3Cl)C(=O)[C@@H]12. The second-order valence-corrected chi connectivity index (χ2v) is 11.4. The van der Waals surface area contributed by atoms with Crippen molar-refractivity contribution in [2.45, 2.75) is 17.8 Å². The Balaban J connectivity index is 1.37.